The van der Waals surface area contributed by atoms with E-state index in [1.54, 1.807) is 17.5 Å². The molecule has 0 saturated carbocycles. The largest absolute Gasteiger partial charge is 0.378 e. The number of aromatic nitrogens is 2. The molecule has 0 aromatic carbocycles. The molecule has 1 N–H and O–H groups in total. The second kappa shape index (κ2) is 7.72. The van der Waals surface area contributed by atoms with Gasteiger partial charge >= 0.3 is 0 Å². The Morgan fingerprint density at radius 1 is 1.33 bits per heavy atom. The Bertz CT molecular complexity index is 710. The number of amides is 1. The van der Waals surface area contributed by atoms with Crippen LogP contribution >= 0.6 is 11.3 Å². The third kappa shape index (κ3) is 3.91. The van der Waals surface area contributed by atoms with Crippen LogP contribution in [0.4, 0.5) is 5.95 Å². The number of carbonyl (C=O) groups excluding carboxylic acids is 1. The van der Waals surface area contributed by atoms with Crippen LogP contribution in [0.1, 0.15) is 26.5 Å². The summed E-state index contributed by atoms with van der Waals surface area (Å²) < 4.78 is 5.35. The van der Waals surface area contributed by atoms with Crippen LogP contribution in [0.15, 0.2) is 17.6 Å². The maximum atomic E-state index is 12.5. The highest BCUT2D eigenvalue weighted by Gasteiger charge is 2.18. The van der Waals surface area contributed by atoms with Crippen molar-refractivity contribution in [3.05, 3.63) is 39.3 Å². The summed E-state index contributed by atoms with van der Waals surface area (Å²) in [4.78, 5) is 24.7. The highest BCUT2D eigenvalue weighted by Crippen LogP contribution is 2.16. The summed E-state index contributed by atoms with van der Waals surface area (Å²) in [5, 5.41) is 5.05. The number of anilines is 1. The molecule has 1 aliphatic rings. The predicted molar refractivity (Wildman–Crippen MR) is 94.9 cm³/mol. The van der Waals surface area contributed by atoms with Crippen LogP contribution in [0.2, 0.25) is 0 Å². The van der Waals surface area contributed by atoms with Crippen molar-refractivity contribution in [1.29, 1.82) is 0 Å². The van der Waals surface area contributed by atoms with E-state index in [1.807, 2.05) is 6.92 Å². The van der Waals surface area contributed by atoms with Crippen molar-refractivity contribution in [3.8, 4) is 0 Å². The van der Waals surface area contributed by atoms with E-state index in [2.05, 4.69) is 38.6 Å². The molecular weight excluding hydrogens is 324 g/mol. The first-order valence-electron chi connectivity index (χ1n) is 8.12. The van der Waals surface area contributed by atoms with Gasteiger partial charge < -0.3 is 15.0 Å². The lowest BCUT2D eigenvalue weighted by Gasteiger charge is -2.27. The number of nitrogens with one attached hydrogen (secondary N) is 1. The highest BCUT2D eigenvalue weighted by molar-refractivity contribution is 7.10. The number of aryl methyl sites for hydroxylation is 2. The molecule has 1 amide bonds. The topological polar surface area (TPSA) is 67.3 Å². The van der Waals surface area contributed by atoms with Crippen LogP contribution in [0, 0.1) is 13.8 Å². The molecule has 0 unspecified atom stereocenters. The van der Waals surface area contributed by atoms with E-state index in [9.17, 15) is 4.79 Å². The molecule has 7 heteroatoms. The van der Waals surface area contributed by atoms with Gasteiger partial charge in [0.25, 0.3) is 5.91 Å². The Balaban J connectivity index is 1.64. The third-order valence-electron chi connectivity index (χ3n) is 4.07. The van der Waals surface area contributed by atoms with Gasteiger partial charge in [0.2, 0.25) is 5.95 Å². The molecule has 0 atom stereocenters. The number of hydrogen-bond acceptors (Lipinski definition) is 6. The number of thiophene rings is 1. The van der Waals surface area contributed by atoms with Crippen LogP contribution in [-0.4, -0.2) is 48.7 Å². The van der Waals surface area contributed by atoms with E-state index in [-0.39, 0.29) is 5.91 Å². The van der Waals surface area contributed by atoms with Crippen molar-refractivity contribution >= 4 is 23.2 Å². The van der Waals surface area contributed by atoms with Gasteiger partial charge in [0.05, 0.1) is 13.2 Å². The first-order chi connectivity index (χ1) is 11.6. The molecule has 6 nitrogen and oxygen atoms in total. The maximum Gasteiger partial charge on any atom is 0.270 e. The van der Waals surface area contributed by atoms with E-state index in [1.165, 1.54) is 10.4 Å². The van der Waals surface area contributed by atoms with E-state index in [4.69, 9.17) is 4.74 Å². The zero-order valence-corrected chi connectivity index (χ0v) is 14.9. The maximum absolute atomic E-state index is 12.5. The first kappa shape index (κ1) is 16.9. The van der Waals surface area contributed by atoms with E-state index < -0.39 is 0 Å². The molecular formula is C17H22N4O2S. The molecule has 0 aliphatic carbocycles. The minimum Gasteiger partial charge on any atom is -0.378 e. The molecule has 0 bridgehead atoms. The van der Waals surface area contributed by atoms with Crippen LogP contribution in [0.5, 0.6) is 0 Å². The standard InChI is InChI=1S/C17H22N4O2S/c1-12-4-10-24-14(12)3-5-18-16(22)15-13(2)11-19-17(20-15)21-6-8-23-9-7-21/h4,10-11H,3,5-9H2,1-2H3,(H,18,22). The normalized spacial score (nSPS) is 14.7. The quantitative estimate of drug-likeness (QED) is 0.896. The van der Waals surface area contributed by atoms with Crippen molar-refractivity contribution < 1.29 is 9.53 Å². The molecule has 0 spiro atoms. The van der Waals surface area contributed by atoms with Crippen LogP contribution in [0.3, 0.4) is 0 Å². The van der Waals surface area contributed by atoms with Crippen molar-refractivity contribution in [1.82, 2.24) is 15.3 Å². The summed E-state index contributed by atoms with van der Waals surface area (Å²) in [5.74, 6) is 0.460. The smallest absolute Gasteiger partial charge is 0.270 e. The van der Waals surface area contributed by atoms with E-state index >= 15 is 0 Å². The average molecular weight is 346 g/mol. The summed E-state index contributed by atoms with van der Waals surface area (Å²) in [6.07, 6.45) is 2.56. The number of carbonyl (C=O) groups is 1. The highest BCUT2D eigenvalue weighted by atomic mass is 32.1. The summed E-state index contributed by atoms with van der Waals surface area (Å²) >= 11 is 1.73. The minimum absolute atomic E-state index is 0.140. The Morgan fingerprint density at radius 2 is 2.12 bits per heavy atom. The third-order valence-corrected chi connectivity index (χ3v) is 5.16. The molecule has 2 aromatic heterocycles. The predicted octanol–water partition coefficient (Wildman–Crippen LogP) is 1.96. The Morgan fingerprint density at radius 3 is 2.83 bits per heavy atom. The average Bonchev–Trinajstić information content (AvgIpc) is 3.01. The molecule has 24 heavy (non-hydrogen) atoms. The van der Waals surface area contributed by atoms with E-state index in [0.29, 0.717) is 31.4 Å². The second-order valence-corrected chi connectivity index (χ2v) is 6.83. The first-order valence-corrected chi connectivity index (χ1v) is 9.00. The summed E-state index contributed by atoms with van der Waals surface area (Å²) in [6, 6.07) is 2.10. The van der Waals surface area contributed by atoms with Gasteiger partial charge in [0.15, 0.2) is 0 Å². The summed E-state index contributed by atoms with van der Waals surface area (Å²) in [7, 11) is 0. The van der Waals surface area contributed by atoms with Crippen LogP contribution < -0.4 is 10.2 Å². The zero-order chi connectivity index (χ0) is 16.9. The molecule has 3 rings (SSSR count). The van der Waals surface area contributed by atoms with Crippen molar-refractivity contribution in [3.63, 3.8) is 0 Å². The molecule has 1 aliphatic heterocycles. The number of ether oxygens (including phenoxy) is 1. The SMILES string of the molecule is Cc1cnc(N2CCOCC2)nc1C(=O)NCCc1sccc1C. The molecule has 1 fully saturated rings. The van der Waals surface area contributed by atoms with Gasteiger partial charge in [-0.2, -0.15) is 0 Å². The fraction of sp³-hybridized carbons (Fsp3) is 0.471. The van der Waals surface area contributed by atoms with Gasteiger partial charge in [0.1, 0.15) is 5.69 Å². The van der Waals surface area contributed by atoms with Crippen molar-refractivity contribution in [2.45, 2.75) is 20.3 Å². The molecule has 3 heterocycles. The lowest BCUT2D eigenvalue weighted by Crippen LogP contribution is -2.38. The Labute approximate surface area is 145 Å². The lowest BCUT2D eigenvalue weighted by atomic mass is 10.2. The summed E-state index contributed by atoms with van der Waals surface area (Å²) in [6.45, 7) is 7.40. The lowest BCUT2D eigenvalue weighted by molar-refractivity contribution is 0.0948. The van der Waals surface area contributed by atoms with Crippen molar-refractivity contribution in [2.24, 2.45) is 0 Å². The number of nitrogens with zero attached hydrogens (tertiary/aromatic N) is 3. The van der Waals surface area contributed by atoms with Crippen molar-refractivity contribution in [2.75, 3.05) is 37.7 Å². The summed E-state index contributed by atoms with van der Waals surface area (Å²) in [5.41, 5.74) is 2.52. The van der Waals surface area contributed by atoms with Gasteiger partial charge in [0, 0.05) is 30.7 Å². The monoisotopic (exact) mass is 346 g/mol. The van der Waals surface area contributed by atoms with Gasteiger partial charge in [-0.05, 0) is 42.8 Å². The van der Waals surface area contributed by atoms with Gasteiger partial charge in [-0.15, -0.1) is 11.3 Å². The van der Waals surface area contributed by atoms with Gasteiger partial charge in [-0.3, -0.25) is 4.79 Å². The fourth-order valence-corrected chi connectivity index (χ4v) is 3.52. The molecule has 2 aromatic rings. The molecule has 128 valence electrons. The Hall–Kier alpha value is -1.99. The molecule has 1 saturated heterocycles. The Kier molecular flexibility index (Phi) is 5.42. The van der Waals surface area contributed by atoms with Crippen LogP contribution in [-0.2, 0) is 11.2 Å². The minimum atomic E-state index is -0.140. The van der Waals surface area contributed by atoms with Gasteiger partial charge in [-0.25, -0.2) is 9.97 Å². The number of rotatable bonds is 5. The van der Waals surface area contributed by atoms with Crippen LogP contribution in [0.25, 0.3) is 0 Å². The number of morpholine rings is 1. The second-order valence-electron chi connectivity index (χ2n) is 5.83. The van der Waals surface area contributed by atoms with Gasteiger partial charge in [-0.1, -0.05) is 0 Å². The number of hydrogen-bond donors (Lipinski definition) is 1. The zero-order valence-electron chi connectivity index (χ0n) is 14.0. The fourth-order valence-electron chi connectivity index (χ4n) is 2.61. The molecule has 0 radical (unpaired) electrons. The van der Waals surface area contributed by atoms with E-state index in [0.717, 1.165) is 25.1 Å².